The van der Waals surface area contributed by atoms with Crippen LogP contribution in [0.2, 0.25) is 0 Å². The highest BCUT2D eigenvalue weighted by molar-refractivity contribution is 5.79. The summed E-state index contributed by atoms with van der Waals surface area (Å²) in [5.74, 6) is 1.03. The van der Waals surface area contributed by atoms with Crippen molar-refractivity contribution in [2.45, 2.75) is 84.2 Å². The predicted octanol–water partition coefficient (Wildman–Crippen LogP) is 3.24. The zero-order chi connectivity index (χ0) is 15.3. The van der Waals surface area contributed by atoms with Gasteiger partial charge < -0.3 is 10.6 Å². The molecule has 0 heterocycles. The average molecular weight is 292 g/mol. The summed E-state index contributed by atoms with van der Waals surface area (Å²) in [6.07, 6.45) is 8.79. The van der Waals surface area contributed by atoms with Crippen LogP contribution in [0.25, 0.3) is 0 Å². The lowest BCUT2D eigenvalue weighted by Gasteiger charge is -2.65. The van der Waals surface area contributed by atoms with Gasteiger partial charge in [0.05, 0.1) is 6.54 Å². The highest BCUT2D eigenvalue weighted by Crippen LogP contribution is 2.66. The molecular formula is C18H32N2O. The second-order valence-corrected chi connectivity index (χ2v) is 9.15. The van der Waals surface area contributed by atoms with Crippen molar-refractivity contribution in [3.8, 4) is 0 Å². The van der Waals surface area contributed by atoms with Crippen molar-refractivity contribution in [2.24, 2.45) is 16.7 Å². The van der Waals surface area contributed by atoms with Gasteiger partial charge in [0.1, 0.15) is 0 Å². The summed E-state index contributed by atoms with van der Waals surface area (Å²) in [6.45, 7) is 9.66. The molecule has 3 unspecified atom stereocenters. The molecule has 4 aliphatic rings. The number of nitrogens with one attached hydrogen (secondary N) is 2. The molecule has 21 heavy (non-hydrogen) atoms. The maximum absolute atomic E-state index is 12.4. The summed E-state index contributed by atoms with van der Waals surface area (Å²) in [6, 6.07) is 0.419. The van der Waals surface area contributed by atoms with Crippen LogP contribution in [-0.2, 0) is 4.79 Å². The third-order valence-corrected chi connectivity index (χ3v) is 6.25. The fraction of sp³-hybridized carbons (Fsp3) is 0.944. The van der Waals surface area contributed by atoms with Crippen molar-refractivity contribution >= 4 is 5.91 Å². The molecule has 4 bridgehead atoms. The number of rotatable bonds is 5. The van der Waals surface area contributed by atoms with Gasteiger partial charge >= 0.3 is 0 Å². The van der Waals surface area contributed by atoms with E-state index < -0.39 is 0 Å². The third kappa shape index (κ3) is 2.99. The van der Waals surface area contributed by atoms with E-state index in [2.05, 4.69) is 38.3 Å². The molecule has 0 aromatic carbocycles. The molecule has 120 valence electrons. The summed E-state index contributed by atoms with van der Waals surface area (Å²) in [7, 11) is 0. The highest BCUT2D eigenvalue weighted by Gasteiger charge is 2.60. The van der Waals surface area contributed by atoms with Gasteiger partial charge in [-0.1, -0.05) is 20.8 Å². The first-order chi connectivity index (χ1) is 9.76. The number of hydrogen-bond acceptors (Lipinski definition) is 2. The molecule has 4 saturated carbocycles. The van der Waals surface area contributed by atoms with E-state index in [1.54, 1.807) is 0 Å². The minimum Gasteiger partial charge on any atom is -0.350 e. The Balaban J connectivity index is 1.66. The van der Waals surface area contributed by atoms with Gasteiger partial charge in [-0.25, -0.2) is 0 Å². The van der Waals surface area contributed by atoms with Crippen LogP contribution >= 0.6 is 0 Å². The normalized spacial score (nSPS) is 45.6. The van der Waals surface area contributed by atoms with Crippen molar-refractivity contribution in [1.29, 1.82) is 0 Å². The molecule has 1 amide bonds. The monoisotopic (exact) mass is 292 g/mol. The summed E-state index contributed by atoms with van der Waals surface area (Å²) >= 11 is 0. The van der Waals surface area contributed by atoms with E-state index >= 15 is 0 Å². The summed E-state index contributed by atoms with van der Waals surface area (Å²) < 4.78 is 0. The number of amides is 1. The zero-order valence-electron chi connectivity index (χ0n) is 14.2. The van der Waals surface area contributed by atoms with Crippen LogP contribution < -0.4 is 10.6 Å². The van der Waals surface area contributed by atoms with Gasteiger partial charge in [-0.05, 0) is 68.6 Å². The minimum absolute atomic E-state index is 0.0944. The maximum atomic E-state index is 12.4. The molecule has 0 aromatic heterocycles. The lowest BCUT2D eigenvalue weighted by molar-refractivity contribution is -0.139. The fourth-order valence-corrected chi connectivity index (χ4v) is 6.34. The van der Waals surface area contributed by atoms with Crippen LogP contribution in [0, 0.1) is 16.7 Å². The van der Waals surface area contributed by atoms with E-state index in [4.69, 9.17) is 0 Å². The molecule has 0 radical (unpaired) electrons. The molecule has 4 rings (SSSR count). The van der Waals surface area contributed by atoms with Gasteiger partial charge in [0.2, 0.25) is 5.91 Å². The predicted molar refractivity (Wildman–Crippen MR) is 86.0 cm³/mol. The van der Waals surface area contributed by atoms with Crippen LogP contribution in [0.1, 0.15) is 72.6 Å². The van der Waals surface area contributed by atoms with Gasteiger partial charge in [-0.15, -0.1) is 0 Å². The van der Waals surface area contributed by atoms with Crippen molar-refractivity contribution in [1.82, 2.24) is 10.6 Å². The van der Waals surface area contributed by atoms with Crippen molar-refractivity contribution < 1.29 is 4.79 Å². The minimum atomic E-state index is 0.0944. The zero-order valence-corrected chi connectivity index (χ0v) is 14.2. The van der Waals surface area contributed by atoms with E-state index in [0.717, 1.165) is 12.3 Å². The third-order valence-electron chi connectivity index (χ3n) is 6.25. The van der Waals surface area contributed by atoms with Crippen LogP contribution in [0.5, 0.6) is 0 Å². The Morgan fingerprint density at radius 1 is 1.14 bits per heavy atom. The Bertz CT molecular complexity index is 415. The average Bonchev–Trinajstić information content (AvgIpc) is 2.30. The number of carbonyl (C=O) groups excluding carboxylic acids is 1. The first-order valence-corrected chi connectivity index (χ1v) is 8.80. The molecule has 2 N–H and O–H groups in total. The van der Waals surface area contributed by atoms with Crippen LogP contribution in [-0.4, -0.2) is 24.0 Å². The fourth-order valence-electron chi connectivity index (χ4n) is 6.34. The highest BCUT2D eigenvalue weighted by atomic mass is 16.2. The van der Waals surface area contributed by atoms with E-state index in [9.17, 15) is 4.79 Å². The summed E-state index contributed by atoms with van der Waals surface area (Å²) in [5, 5.41) is 6.77. The maximum Gasteiger partial charge on any atom is 0.234 e. The smallest absolute Gasteiger partial charge is 0.234 e. The molecule has 4 aliphatic carbocycles. The lowest BCUT2D eigenvalue weighted by Crippen LogP contribution is -2.65. The molecule has 0 spiro atoms. The van der Waals surface area contributed by atoms with E-state index in [0.29, 0.717) is 23.4 Å². The van der Waals surface area contributed by atoms with E-state index in [1.807, 2.05) is 0 Å². The van der Waals surface area contributed by atoms with Crippen LogP contribution in [0.15, 0.2) is 0 Å². The van der Waals surface area contributed by atoms with Gasteiger partial charge in [0.15, 0.2) is 0 Å². The molecule has 0 aromatic rings. The van der Waals surface area contributed by atoms with E-state index in [-0.39, 0.29) is 11.4 Å². The largest absolute Gasteiger partial charge is 0.350 e. The molecular weight excluding hydrogens is 260 g/mol. The van der Waals surface area contributed by atoms with Gasteiger partial charge in [0, 0.05) is 11.6 Å². The Labute approximate surface area is 129 Å². The topological polar surface area (TPSA) is 41.1 Å². The Morgan fingerprint density at radius 2 is 1.76 bits per heavy atom. The second kappa shape index (κ2) is 4.97. The van der Waals surface area contributed by atoms with Gasteiger partial charge in [0.25, 0.3) is 0 Å². The molecule has 3 nitrogen and oxygen atoms in total. The Hall–Kier alpha value is -0.570. The van der Waals surface area contributed by atoms with Crippen molar-refractivity contribution in [3.63, 3.8) is 0 Å². The molecule has 4 fully saturated rings. The Morgan fingerprint density at radius 3 is 2.29 bits per heavy atom. The molecule has 3 heteroatoms. The lowest BCUT2D eigenvalue weighted by atomic mass is 9.43. The summed E-state index contributed by atoms with van der Waals surface area (Å²) in [5.41, 5.74) is 1.02. The number of carbonyl (C=O) groups is 1. The van der Waals surface area contributed by atoms with Gasteiger partial charge in [-0.3, -0.25) is 4.79 Å². The second-order valence-electron chi connectivity index (χ2n) is 9.15. The quantitative estimate of drug-likeness (QED) is 0.817. The number of hydrogen-bond donors (Lipinski definition) is 2. The van der Waals surface area contributed by atoms with Crippen molar-refractivity contribution in [3.05, 3.63) is 0 Å². The first-order valence-electron chi connectivity index (χ1n) is 8.80. The Kier molecular flexibility index (Phi) is 3.63. The van der Waals surface area contributed by atoms with Crippen LogP contribution in [0.3, 0.4) is 0 Å². The van der Waals surface area contributed by atoms with Crippen molar-refractivity contribution in [2.75, 3.05) is 6.54 Å². The molecule has 0 aliphatic heterocycles. The molecule has 3 atom stereocenters. The van der Waals surface area contributed by atoms with Crippen LogP contribution in [0.4, 0.5) is 0 Å². The van der Waals surface area contributed by atoms with E-state index in [1.165, 1.54) is 38.5 Å². The molecule has 0 saturated heterocycles. The summed E-state index contributed by atoms with van der Waals surface area (Å²) in [4.78, 5) is 12.4. The SMILES string of the molecule is CCC(C)NCC(=O)NC12CC3CC(C)(CC(C)(C3)C1)C2. The first kappa shape index (κ1) is 15.3. The van der Waals surface area contributed by atoms with Gasteiger partial charge in [-0.2, -0.15) is 0 Å². The standard InChI is InChI=1S/C18H32N2O/c1-5-13(2)19-9-15(21)20-18-8-14-6-16(3,11-18)10-17(4,7-14)12-18/h13-14,19H,5-12H2,1-4H3,(H,20,21).